The second kappa shape index (κ2) is 75.7. The highest BCUT2D eigenvalue weighted by molar-refractivity contribution is 7.47. The molecule has 0 aliphatic heterocycles. The first-order valence-electron chi connectivity index (χ1n) is 44.9. The van der Waals surface area contributed by atoms with Gasteiger partial charge in [-0.1, -0.05) is 402 Å². The maximum atomic E-state index is 13.2. The molecule has 19 heteroatoms. The molecule has 0 rings (SSSR count). The van der Waals surface area contributed by atoms with Gasteiger partial charge in [0.15, 0.2) is 12.2 Å². The summed E-state index contributed by atoms with van der Waals surface area (Å²) in [7, 11) is -9.93. The lowest BCUT2D eigenvalue weighted by atomic mass is 9.99. The van der Waals surface area contributed by atoms with E-state index in [9.17, 15) is 43.2 Å². The van der Waals surface area contributed by atoms with E-state index in [0.717, 1.165) is 114 Å². The molecule has 0 heterocycles. The van der Waals surface area contributed by atoms with E-state index in [1.54, 1.807) is 0 Å². The fraction of sp³-hybridized carbons (Fsp3) is 0.954. The topological polar surface area (TPSA) is 237 Å². The van der Waals surface area contributed by atoms with Crippen LogP contribution in [-0.4, -0.2) is 96.7 Å². The van der Waals surface area contributed by atoms with Gasteiger partial charge in [0, 0.05) is 25.7 Å². The van der Waals surface area contributed by atoms with E-state index in [-0.39, 0.29) is 25.7 Å². The van der Waals surface area contributed by atoms with Crippen molar-refractivity contribution in [2.45, 2.75) is 472 Å². The SMILES string of the molecule is CCC(C)CCCCCCCCCCCCCCCCC(=O)OC[C@H](COP(=O)(O)OC[C@@H](O)COP(=O)(O)OC[C@@H](COC(=O)CCCCCCCCCCC(C)CC)OC(=O)CCCCCCCCCCCCCCCCC(C)CC)OC(=O)CCCCCCCCCCCCCCCCC(C)CC. The summed E-state index contributed by atoms with van der Waals surface area (Å²) in [6.07, 6.45) is 64.9. The maximum absolute atomic E-state index is 13.2. The van der Waals surface area contributed by atoms with Crippen molar-refractivity contribution >= 4 is 39.5 Å². The van der Waals surface area contributed by atoms with Crippen LogP contribution in [0.3, 0.4) is 0 Å². The number of aliphatic hydroxyl groups is 1. The van der Waals surface area contributed by atoms with Gasteiger partial charge >= 0.3 is 39.5 Å². The smallest absolute Gasteiger partial charge is 0.462 e. The molecule has 630 valence electrons. The standard InChI is InChI=1S/C87H170O17P2/c1-9-77(5)63-55-47-39-31-25-19-13-16-22-28-34-43-51-59-67-84(89)97-73-82(103-86(91)69-61-53-45-35-29-23-17-14-20-26-32-40-48-56-64-78(6)10-2)75-101-105(93,94)99-71-81(88)72-100-106(95,96)102-76-83(74-98-85(90)68-60-52-44-38-37-42-50-58-66-80(8)12-4)104-87(92)70-62-54-46-36-30-24-18-15-21-27-33-41-49-57-65-79(7)11-3/h77-83,88H,9-76H2,1-8H3,(H,93,94)(H,95,96)/t77?,78?,79?,80?,81-,82-,83-/m1/s1. The van der Waals surface area contributed by atoms with Crippen LogP contribution in [0.1, 0.15) is 453 Å². The Morgan fingerprint density at radius 2 is 0.425 bits per heavy atom. The number of hydrogen-bond acceptors (Lipinski definition) is 15. The van der Waals surface area contributed by atoms with Crippen molar-refractivity contribution in [3.8, 4) is 0 Å². The number of phosphoric ester groups is 2. The van der Waals surface area contributed by atoms with E-state index < -0.39 is 97.5 Å². The molecule has 17 nitrogen and oxygen atoms in total. The number of ether oxygens (including phenoxy) is 4. The third-order valence-corrected chi connectivity index (χ3v) is 23.7. The highest BCUT2D eigenvalue weighted by Gasteiger charge is 2.31. The third kappa shape index (κ3) is 74.8. The van der Waals surface area contributed by atoms with Crippen LogP contribution in [0.5, 0.6) is 0 Å². The highest BCUT2D eigenvalue weighted by Crippen LogP contribution is 2.45. The van der Waals surface area contributed by atoms with E-state index in [1.807, 2.05) is 0 Å². The summed E-state index contributed by atoms with van der Waals surface area (Å²) in [4.78, 5) is 73.3. The van der Waals surface area contributed by atoms with Gasteiger partial charge < -0.3 is 33.8 Å². The van der Waals surface area contributed by atoms with Crippen molar-refractivity contribution in [2.75, 3.05) is 39.6 Å². The van der Waals surface area contributed by atoms with Gasteiger partial charge in [-0.2, -0.15) is 0 Å². The molecular weight excluding hydrogens is 1380 g/mol. The zero-order valence-electron chi connectivity index (χ0n) is 70.1. The van der Waals surface area contributed by atoms with E-state index in [4.69, 9.17) is 37.0 Å². The van der Waals surface area contributed by atoms with E-state index >= 15 is 0 Å². The van der Waals surface area contributed by atoms with E-state index in [0.29, 0.717) is 25.7 Å². The van der Waals surface area contributed by atoms with Crippen LogP contribution in [0.4, 0.5) is 0 Å². The molecule has 0 aliphatic rings. The lowest BCUT2D eigenvalue weighted by Crippen LogP contribution is -2.30. The minimum Gasteiger partial charge on any atom is -0.462 e. The van der Waals surface area contributed by atoms with Crippen molar-refractivity contribution in [3.63, 3.8) is 0 Å². The molecule has 0 amide bonds. The van der Waals surface area contributed by atoms with Crippen LogP contribution in [0.15, 0.2) is 0 Å². The molecule has 9 atom stereocenters. The minimum atomic E-state index is -4.97. The zero-order valence-corrected chi connectivity index (χ0v) is 71.9. The Kier molecular flexibility index (Phi) is 74.3. The number of phosphoric acid groups is 2. The summed E-state index contributed by atoms with van der Waals surface area (Å²) in [5, 5.41) is 10.7. The maximum Gasteiger partial charge on any atom is 0.472 e. The largest absolute Gasteiger partial charge is 0.472 e. The van der Waals surface area contributed by atoms with Crippen molar-refractivity contribution in [3.05, 3.63) is 0 Å². The molecule has 0 spiro atoms. The summed E-state index contributed by atoms with van der Waals surface area (Å²) in [5.41, 5.74) is 0. The molecule has 0 radical (unpaired) electrons. The Labute approximate surface area is 651 Å². The average molecular weight is 1550 g/mol. The lowest BCUT2D eigenvalue weighted by molar-refractivity contribution is -0.161. The van der Waals surface area contributed by atoms with Crippen LogP contribution >= 0.6 is 15.6 Å². The second-order valence-electron chi connectivity index (χ2n) is 32.2. The molecular formula is C87H170O17P2. The monoisotopic (exact) mass is 1550 g/mol. The summed E-state index contributed by atoms with van der Waals surface area (Å²) < 4.78 is 69.0. The van der Waals surface area contributed by atoms with E-state index in [2.05, 4.69) is 55.4 Å². The number of aliphatic hydroxyl groups excluding tert-OH is 1. The number of unbranched alkanes of at least 4 members (excludes halogenated alkanes) is 46. The van der Waals surface area contributed by atoms with Gasteiger partial charge in [-0.15, -0.1) is 0 Å². The molecule has 6 unspecified atom stereocenters. The van der Waals surface area contributed by atoms with Gasteiger partial charge in [-0.3, -0.25) is 37.3 Å². The van der Waals surface area contributed by atoms with E-state index in [1.165, 1.54) is 257 Å². The van der Waals surface area contributed by atoms with Crippen LogP contribution < -0.4 is 0 Å². The van der Waals surface area contributed by atoms with Gasteiger partial charge in [0.2, 0.25) is 0 Å². The molecule has 0 saturated heterocycles. The van der Waals surface area contributed by atoms with Crippen molar-refractivity contribution in [2.24, 2.45) is 23.7 Å². The molecule has 106 heavy (non-hydrogen) atoms. The fourth-order valence-electron chi connectivity index (χ4n) is 13.4. The second-order valence-corrected chi connectivity index (χ2v) is 35.2. The van der Waals surface area contributed by atoms with Crippen molar-refractivity contribution in [1.29, 1.82) is 0 Å². The van der Waals surface area contributed by atoms with Gasteiger partial charge in [-0.25, -0.2) is 9.13 Å². The number of hydrogen-bond donors (Lipinski definition) is 3. The van der Waals surface area contributed by atoms with Crippen LogP contribution in [-0.2, 0) is 65.4 Å². The first-order valence-corrected chi connectivity index (χ1v) is 47.8. The Morgan fingerprint density at radius 1 is 0.255 bits per heavy atom. The highest BCUT2D eigenvalue weighted by atomic mass is 31.2. The van der Waals surface area contributed by atoms with Crippen LogP contribution in [0.25, 0.3) is 0 Å². The fourth-order valence-corrected chi connectivity index (χ4v) is 14.9. The lowest BCUT2D eigenvalue weighted by Gasteiger charge is -2.21. The van der Waals surface area contributed by atoms with Crippen LogP contribution in [0, 0.1) is 23.7 Å². The third-order valence-electron chi connectivity index (χ3n) is 21.8. The molecule has 0 aromatic carbocycles. The molecule has 0 aromatic heterocycles. The van der Waals surface area contributed by atoms with Crippen LogP contribution in [0.2, 0.25) is 0 Å². The quantitative estimate of drug-likeness (QED) is 0.0222. The Bertz CT molecular complexity index is 2070. The summed E-state index contributed by atoms with van der Waals surface area (Å²) in [6, 6.07) is 0. The van der Waals surface area contributed by atoms with Gasteiger partial charge in [0.1, 0.15) is 19.3 Å². The number of carbonyl (C=O) groups excluding carboxylic acids is 4. The number of rotatable bonds is 84. The summed E-state index contributed by atoms with van der Waals surface area (Å²) in [5.74, 6) is 1.21. The normalized spacial score (nSPS) is 14.9. The Morgan fingerprint density at radius 3 is 0.623 bits per heavy atom. The van der Waals surface area contributed by atoms with Gasteiger partial charge in [-0.05, 0) is 49.4 Å². The van der Waals surface area contributed by atoms with Crippen molar-refractivity contribution < 1.29 is 80.2 Å². The predicted octanol–water partition coefficient (Wildman–Crippen LogP) is 26.3. The average Bonchev–Trinajstić information content (AvgIpc) is 0.900. The van der Waals surface area contributed by atoms with Crippen molar-refractivity contribution in [1.82, 2.24) is 0 Å². The first-order chi connectivity index (χ1) is 51.2. The van der Waals surface area contributed by atoms with Gasteiger partial charge in [0.05, 0.1) is 26.4 Å². The summed E-state index contributed by atoms with van der Waals surface area (Å²) in [6.45, 7) is 14.5. The molecule has 0 fully saturated rings. The first kappa shape index (κ1) is 104. The molecule has 0 saturated carbocycles. The molecule has 3 N–H and O–H groups in total. The number of esters is 4. The Balaban J connectivity index is 5.28. The summed E-state index contributed by atoms with van der Waals surface area (Å²) >= 11 is 0. The Hall–Kier alpha value is -1.94. The molecule has 0 aliphatic carbocycles. The molecule has 0 bridgehead atoms. The minimum absolute atomic E-state index is 0.107. The zero-order chi connectivity index (χ0) is 78.1. The van der Waals surface area contributed by atoms with Gasteiger partial charge in [0.25, 0.3) is 0 Å². The number of carbonyl (C=O) groups is 4. The predicted molar refractivity (Wildman–Crippen MR) is 437 cm³/mol. The molecule has 0 aromatic rings.